The first-order valence-electron chi connectivity index (χ1n) is 10.4. The number of benzene rings is 2. The molecule has 6 nitrogen and oxygen atoms in total. The van der Waals surface area contributed by atoms with E-state index in [9.17, 15) is 14.4 Å². The van der Waals surface area contributed by atoms with Gasteiger partial charge in [0.15, 0.2) is 0 Å². The van der Waals surface area contributed by atoms with Gasteiger partial charge in [0.1, 0.15) is 17.1 Å². The summed E-state index contributed by atoms with van der Waals surface area (Å²) in [5.74, 6) is -0.681. The van der Waals surface area contributed by atoms with Crippen molar-refractivity contribution in [1.82, 2.24) is 0 Å². The Hall–Kier alpha value is -3.15. The molecule has 2 aromatic rings. The van der Waals surface area contributed by atoms with E-state index in [1.165, 1.54) is 21.0 Å². The normalized spacial score (nSPS) is 10.5. The summed E-state index contributed by atoms with van der Waals surface area (Å²) in [5, 5.41) is 0. The average Bonchev–Trinajstić information content (AvgIpc) is 2.73. The van der Waals surface area contributed by atoms with Crippen molar-refractivity contribution in [3.05, 3.63) is 57.6 Å². The van der Waals surface area contributed by atoms with Crippen LogP contribution in [0.15, 0.2) is 24.3 Å². The molecule has 0 N–H and O–H groups in total. The lowest BCUT2D eigenvalue weighted by Crippen LogP contribution is -2.13. The smallest absolute Gasteiger partial charge is 0.341 e. The number of aryl methyl sites for hydroxylation is 5. The van der Waals surface area contributed by atoms with E-state index in [1.807, 2.05) is 32.0 Å². The van der Waals surface area contributed by atoms with Gasteiger partial charge < -0.3 is 14.2 Å². The minimum Gasteiger partial charge on any atom is -0.465 e. The number of methoxy groups -OCH3 is 1. The van der Waals surface area contributed by atoms with Gasteiger partial charge in [0, 0.05) is 13.8 Å². The molecule has 0 saturated carbocycles. The predicted molar refractivity (Wildman–Crippen MR) is 118 cm³/mol. The van der Waals surface area contributed by atoms with E-state index in [0.29, 0.717) is 25.0 Å². The van der Waals surface area contributed by atoms with Crippen molar-refractivity contribution in [2.45, 2.75) is 60.3 Å². The van der Waals surface area contributed by atoms with Gasteiger partial charge in [0.2, 0.25) is 0 Å². The fourth-order valence-electron chi connectivity index (χ4n) is 3.55. The van der Waals surface area contributed by atoms with Crippen LogP contribution in [0.5, 0.6) is 11.5 Å². The lowest BCUT2D eigenvalue weighted by atomic mass is 9.95. The van der Waals surface area contributed by atoms with E-state index in [4.69, 9.17) is 14.2 Å². The summed E-state index contributed by atoms with van der Waals surface area (Å²) < 4.78 is 15.8. The number of esters is 3. The number of hydrogen-bond acceptors (Lipinski definition) is 6. The maximum Gasteiger partial charge on any atom is 0.341 e. The number of rotatable bonds is 8. The van der Waals surface area contributed by atoms with Crippen molar-refractivity contribution in [2.24, 2.45) is 0 Å². The maximum atomic E-state index is 12.3. The van der Waals surface area contributed by atoms with Crippen molar-refractivity contribution in [1.29, 1.82) is 0 Å². The van der Waals surface area contributed by atoms with Crippen molar-refractivity contribution in [3.8, 4) is 11.5 Å². The quantitative estimate of drug-likeness (QED) is 0.455. The van der Waals surface area contributed by atoms with E-state index in [2.05, 4.69) is 6.92 Å². The Morgan fingerprint density at radius 2 is 1.26 bits per heavy atom. The second-order valence-electron chi connectivity index (χ2n) is 7.42. The minimum atomic E-state index is -0.558. The van der Waals surface area contributed by atoms with Crippen LogP contribution in [-0.4, -0.2) is 25.0 Å². The van der Waals surface area contributed by atoms with Crippen LogP contribution in [0.25, 0.3) is 0 Å². The third-order valence-electron chi connectivity index (χ3n) is 5.01. The van der Waals surface area contributed by atoms with Crippen LogP contribution in [0, 0.1) is 6.92 Å². The summed E-state index contributed by atoms with van der Waals surface area (Å²) in [7, 11) is 1.29. The number of carbonyl (C=O) groups excluding carboxylic acids is 3. The molecule has 0 bridgehead atoms. The van der Waals surface area contributed by atoms with Crippen LogP contribution in [0.1, 0.15) is 65.9 Å². The number of hydrogen-bond donors (Lipinski definition) is 0. The van der Waals surface area contributed by atoms with Gasteiger partial charge in [-0.1, -0.05) is 32.0 Å². The Morgan fingerprint density at radius 3 is 1.74 bits per heavy atom. The number of carbonyl (C=O) groups is 3. The molecule has 0 aromatic heterocycles. The molecule has 31 heavy (non-hydrogen) atoms. The summed E-state index contributed by atoms with van der Waals surface area (Å²) >= 11 is 0. The monoisotopic (exact) mass is 426 g/mol. The molecule has 6 heteroatoms. The second kappa shape index (κ2) is 10.8. The fraction of sp³-hybridized carbons (Fsp3) is 0.400. The van der Waals surface area contributed by atoms with E-state index in [-0.39, 0.29) is 17.3 Å². The lowest BCUT2D eigenvalue weighted by molar-refractivity contribution is -0.133. The summed E-state index contributed by atoms with van der Waals surface area (Å²) in [4.78, 5) is 35.7. The van der Waals surface area contributed by atoms with Crippen molar-refractivity contribution in [3.63, 3.8) is 0 Å². The molecule has 0 radical (unpaired) electrons. The van der Waals surface area contributed by atoms with E-state index < -0.39 is 11.9 Å². The molecule has 0 spiro atoms. The SMILES string of the molecule is CCc1cc(C)c(OC(C)=O)c(CCc2cc(CC)cc(C(=O)OC)c2OC(C)=O)c1. The predicted octanol–water partition coefficient (Wildman–Crippen LogP) is 4.54. The molecule has 2 aromatic carbocycles. The van der Waals surface area contributed by atoms with E-state index in [1.54, 1.807) is 6.07 Å². The van der Waals surface area contributed by atoms with Crippen LogP contribution in [-0.2, 0) is 40.0 Å². The summed E-state index contributed by atoms with van der Waals surface area (Å²) in [6.07, 6.45) is 2.59. The van der Waals surface area contributed by atoms with Gasteiger partial charge in [0.05, 0.1) is 7.11 Å². The summed E-state index contributed by atoms with van der Waals surface area (Å²) in [6.45, 7) is 8.64. The van der Waals surface area contributed by atoms with Crippen LogP contribution in [0.3, 0.4) is 0 Å². The molecule has 0 heterocycles. The van der Waals surface area contributed by atoms with E-state index in [0.717, 1.165) is 34.2 Å². The van der Waals surface area contributed by atoms with Gasteiger partial charge in [-0.3, -0.25) is 9.59 Å². The molecule has 0 unspecified atom stereocenters. The Bertz CT molecular complexity index is 990. The molecule has 0 atom stereocenters. The van der Waals surface area contributed by atoms with Gasteiger partial charge in [0.25, 0.3) is 0 Å². The molecular formula is C25H30O6. The fourth-order valence-corrected chi connectivity index (χ4v) is 3.55. The highest BCUT2D eigenvalue weighted by Gasteiger charge is 2.21. The van der Waals surface area contributed by atoms with Crippen LogP contribution in [0.2, 0.25) is 0 Å². The molecule has 0 fully saturated rings. The third-order valence-corrected chi connectivity index (χ3v) is 5.01. The molecule has 0 aliphatic heterocycles. The first-order chi connectivity index (χ1) is 14.7. The van der Waals surface area contributed by atoms with Gasteiger partial charge in [-0.25, -0.2) is 4.79 Å². The Kier molecular flexibility index (Phi) is 8.37. The van der Waals surface area contributed by atoms with Crippen molar-refractivity contribution in [2.75, 3.05) is 7.11 Å². The highest BCUT2D eigenvalue weighted by molar-refractivity contribution is 5.94. The highest BCUT2D eigenvalue weighted by atomic mass is 16.5. The molecule has 0 amide bonds. The average molecular weight is 427 g/mol. The summed E-state index contributed by atoms with van der Waals surface area (Å²) in [6, 6.07) is 7.67. The van der Waals surface area contributed by atoms with Crippen molar-refractivity contribution >= 4 is 17.9 Å². The Balaban J connectivity index is 2.53. The maximum absolute atomic E-state index is 12.3. The van der Waals surface area contributed by atoms with Gasteiger partial charge in [-0.2, -0.15) is 0 Å². The first-order valence-corrected chi connectivity index (χ1v) is 10.4. The first kappa shape index (κ1) is 24.1. The Morgan fingerprint density at radius 1 is 0.774 bits per heavy atom. The van der Waals surface area contributed by atoms with Gasteiger partial charge in [-0.15, -0.1) is 0 Å². The zero-order valence-corrected chi connectivity index (χ0v) is 19.1. The molecule has 0 aliphatic rings. The molecule has 0 saturated heterocycles. The number of ether oxygens (including phenoxy) is 3. The van der Waals surface area contributed by atoms with E-state index >= 15 is 0 Å². The molecule has 166 valence electrons. The largest absolute Gasteiger partial charge is 0.465 e. The van der Waals surface area contributed by atoms with Crippen LogP contribution < -0.4 is 9.47 Å². The molecule has 0 aliphatic carbocycles. The van der Waals surface area contributed by atoms with Crippen LogP contribution >= 0.6 is 0 Å². The second-order valence-corrected chi connectivity index (χ2v) is 7.42. The highest BCUT2D eigenvalue weighted by Crippen LogP contribution is 2.32. The van der Waals surface area contributed by atoms with Crippen molar-refractivity contribution < 1.29 is 28.6 Å². The van der Waals surface area contributed by atoms with Crippen LogP contribution in [0.4, 0.5) is 0 Å². The lowest BCUT2D eigenvalue weighted by Gasteiger charge is -2.17. The molecule has 2 rings (SSSR count). The van der Waals surface area contributed by atoms with Gasteiger partial charge >= 0.3 is 17.9 Å². The zero-order valence-electron chi connectivity index (χ0n) is 19.1. The standard InChI is InChI=1S/C25H30O6/c1-7-18-11-15(3)23(30-16(4)26)20(12-18)9-10-21-13-19(8-2)14-22(25(28)29-6)24(21)31-17(5)27/h11-14H,7-10H2,1-6H3. The summed E-state index contributed by atoms with van der Waals surface area (Å²) in [5.41, 5.74) is 4.81. The zero-order chi connectivity index (χ0) is 23.1. The third kappa shape index (κ3) is 6.17. The molecular weight excluding hydrogens is 396 g/mol. The Labute approximate surface area is 183 Å². The minimum absolute atomic E-state index is 0.217. The van der Waals surface area contributed by atoms with Gasteiger partial charge in [-0.05, 0) is 66.5 Å². The topological polar surface area (TPSA) is 78.9 Å².